The highest BCUT2D eigenvalue weighted by molar-refractivity contribution is 7.15. The molecule has 0 fully saturated rings. The average molecular weight is 275 g/mol. The van der Waals surface area contributed by atoms with E-state index in [1.165, 1.54) is 17.4 Å². The third kappa shape index (κ3) is 2.34. The van der Waals surface area contributed by atoms with Crippen LogP contribution in [0.5, 0.6) is 0 Å². The van der Waals surface area contributed by atoms with Crippen molar-refractivity contribution in [2.75, 3.05) is 0 Å². The highest BCUT2D eigenvalue weighted by Crippen LogP contribution is 2.11. The van der Waals surface area contributed by atoms with Gasteiger partial charge in [0.2, 0.25) is 0 Å². The van der Waals surface area contributed by atoms with Crippen LogP contribution in [0.25, 0.3) is 4.96 Å². The van der Waals surface area contributed by atoms with Crippen molar-refractivity contribution in [3.8, 4) is 0 Å². The minimum Gasteiger partial charge on any atom is -0.346 e. The van der Waals surface area contributed by atoms with Crippen molar-refractivity contribution in [1.82, 2.24) is 14.7 Å². The first-order chi connectivity index (χ1) is 9.24. The number of benzene rings is 1. The molecule has 2 heterocycles. The van der Waals surface area contributed by atoms with Crippen LogP contribution >= 0.6 is 11.3 Å². The number of carbonyl (C=O) groups excluding carboxylic acids is 1. The number of hydrogen-bond acceptors (Lipinski definition) is 3. The van der Waals surface area contributed by atoms with Gasteiger partial charge in [0, 0.05) is 29.9 Å². The summed E-state index contributed by atoms with van der Waals surface area (Å²) in [5.74, 6) is -0.632. The third-order valence-corrected chi connectivity index (χ3v) is 3.49. The molecule has 0 unspecified atom stereocenters. The van der Waals surface area contributed by atoms with E-state index in [0.29, 0.717) is 11.3 Å². The number of imidazole rings is 1. The monoisotopic (exact) mass is 275 g/mol. The topological polar surface area (TPSA) is 46.4 Å². The van der Waals surface area contributed by atoms with Gasteiger partial charge in [-0.15, -0.1) is 11.3 Å². The molecule has 6 heteroatoms. The van der Waals surface area contributed by atoms with E-state index < -0.39 is 0 Å². The van der Waals surface area contributed by atoms with Crippen molar-refractivity contribution in [2.24, 2.45) is 0 Å². The van der Waals surface area contributed by atoms with E-state index in [0.717, 1.165) is 4.96 Å². The molecule has 0 spiro atoms. The minimum absolute atomic E-state index is 0.149. The average Bonchev–Trinajstić information content (AvgIpc) is 2.98. The van der Waals surface area contributed by atoms with Crippen molar-refractivity contribution >= 4 is 22.2 Å². The van der Waals surface area contributed by atoms with Crippen LogP contribution in [0.4, 0.5) is 4.39 Å². The second-order valence-electron chi connectivity index (χ2n) is 3.99. The van der Waals surface area contributed by atoms with E-state index in [1.54, 1.807) is 28.8 Å². The smallest absolute Gasteiger partial charge is 0.271 e. The number of nitrogens with zero attached hydrogens (tertiary/aromatic N) is 2. The fraction of sp³-hybridized carbons (Fsp3) is 0.0769. The second kappa shape index (κ2) is 4.81. The number of halogens is 1. The van der Waals surface area contributed by atoms with Crippen LogP contribution in [0, 0.1) is 5.82 Å². The van der Waals surface area contributed by atoms with Gasteiger partial charge in [-0.1, -0.05) is 18.2 Å². The molecule has 3 aromatic rings. The van der Waals surface area contributed by atoms with Crippen LogP contribution in [0.3, 0.4) is 0 Å². The highest BCUT2D eigenvalue weighted by atomic mass is 32.1. The Labute approximate surface area is 112 Å². The molecule has 0 bridgehead atoms. The molecule has 0 radical (unpaired) electrons. The summed E-state index contributed by atoms with van der Waals surface area (Å²) in [4.78, 5) is 16.8. The summed E-state index contributed by atoms with van der Waals surface area (Å²) < 4.78 is 15.2. The normalized spacial score (nSPS) is 10.8. The first-order valence-electron chi connectivity index (χ1n) is 5.68. The number of carbonyl (C=O) groups is 1. The molecule has 96 valence electrons. The van der Waals surface area contributed by atoms with Gasteiger partial charge >= 0.3 is 0 Å². The van der Waals surface area contributed by atoms with Crippen LogP contribution in [0.1, 0.15) is 16.1 Å². The van der Waals surface area contributed by atoms with Crippen molar-refractivity contribution in [3.63, 3.8) is 0 Å². The van der Waals surface area contributed by atoms with Crippen molar-refractivity contribution in [1.29, 1.82) is 0 Å². The molecule has 4 nitrogen and oxygen atoms in total. The molecule has 1 amide bonds. The largest absolute Gasteiger partial charge is 0.346 e. The summed E-state index contributed by atoms with van der Waals surface area (Å²) in [5.41, 5.74) is 0.792. The Balaban J connectivity index is 1.72. The summed E-state index contributed by atoms with van der Waals surface area (Å²) in [7, 11) is 0. The number of nitrogens with one attached hydrogen (secondary N) is 1. The Hall–Kier alpha value is -2.21. The zero-order valence-electron chi connectivity index (χ0n) is 9.84. The summed E-state index contributed by atoms with van der Waals surface area (Å²) in [6.45, 7) is 0.149. The molecule has 19 heavy (non-hydrogen) atoms. The van der Waals surface area contributed by atoms with E-state index in [1.807, 2.05) is 11.6 Å². The van der Waals surface area contributed by atoms with Gasteiger partial charge in [0.15, 0.2) is 4.96 Å². The van der Waals surface area contributed by atoms with Crippen LogP contribution < -0.4 is 5.32 Å². The first-order valence-corrected chi connectivity index (χ1v) is 6.56. The Morgan fingerprint density at radius 1 is 1.42 bits per heavy atom. The molecule has 0 atom stereocenters. The summed E-state index contributed by atoms with van der Waals surface area (Å²) in [6.07, 6.45) is 3.49. The van der Waals surface area contributed by atoms with Gasteiger partial charge in [-0.25, -0.2) is 9.37 Å². The van der Waals surface area contributed by atoms with Crippen LogP contribution in [0.2, 0.25) is 0 Å². The highest BCUT2D eigenvalue weighted by Gasteiger charge is 2.11. The maximum atomic E-state index is 13.4. The van der Waals surface area contributed by atoms with Gasteiger partial charge in [0.05, 0.1) is 0 Å². The molecule has 1 N–H and O–H groups in total. The fourth-order valence-electron chi connectivity index (χ4n) is 1.74. The number of rotatable bonds is 3. The number of hydrogen-bond donors (Lipinski definition) is 1. The lowest BCUT2D eigenvalue weighted by Gasteiger charge is -2.04. The van der Waals surface area contributed by atoms with Gasteiger partial charge in [-0.05, 0) is 6.07 Å². The third-order valence-electron chi connectivity index (χ3n) is 2.72. The summed E-state index contributed by atoms with van der Waals surface area (Å²) >= 11 is 1.45. The van der Waals surface area contributed by atoms with E-state index >= 15 is 0 Å². The van der Waals surface area contributed by atoms with Gasteiger partial charge in [0.1, 0.15) is 11.5 Å². The molecular formula is C13H10FN3OS. The molecule has 1 aromatic carbocycles. The Kier molecular flexibility index (Phi) is 3.00. The molecule has 2 aromatic heterocycles. The molecule has 3 rings (SSSR count). The van der Waals surface area contributed by atoms with Gasteiger partial charge in [0.25, 0.3) is 5.91 Å². The molecule has 0 aliphatic rings. The predicted molar refractivity (Wildman–Crippen MR) is 70.6 cm³/mol. The van der Waals surface area contributed by atoms with Gasteiger partial charge in [-0.3, -0.25) is 9.20 Å². The summed E-state index contributed by atoms with van der Waals surface area (Å²) in [5, 5.41) is 4.55. The Bertz CT molecular complexity index is 706. The zero-order valence-corrected chi connectivity index (χ0v) is 10.7. The Morgan fingerprint density at radius 2 is 2.26 bits per heavy atom. The van der Waals surface area contributed by atoms with E-state index in [-0.39, 0.29) is 18.3 Å². The van der Waals surface area contributed by atoms with Gasteiger partial charge in [-0.2, -0.15) is 0 Å². The van der Waals surface area contributed by atoms with E-state index in [2.05, 4.69) is 10.3 Å². The lowest BCUT2D eigenvalue weighted by atomic mass is 10.2. The maximum Gasteiger partial charge on any atom is 0.271 e. The summed E-state index contributed by atoms with van der Waals surface area (Å²) in [6, 6.07) is 6.36. The SMILES string of the molecule is O=C(NCc1ccccc1F)c1cn2ccsc2n1. The first kappa shape index (κ1) is 11.9. The molecule has 0 aliphatic carbocycles. The zero-order chi connectivity index (χ0) is 13.2. The maximum absolute atomic E-state index is 13.4. The predicted octanol–water partition coefficient (Wildman–Crippen LogP) is 2.46. The number of amides is 1. The Morgan fingerprint density at radius 3 is 3.05 bits per heavy atom. The molecular weight excluding hydrogens is 265 g/mol. The van der Waals surface area contributed by atoms with Gasteiger partial charge < -0.3 is 5.32 Å². The van der Waals surface area contributed by atoms with E-state index in [9.17, 15) is 9.18 Å². The molecule has 0 aliphatic heterocycles. The van der Waals surface area contributed by atoms with Crippen LogP contribution in [-0.4, -0.2) is 15.3 Å². The number of fused-ring (bicyclic) bond motifs is 1. The van der Waals surface area contributed by atoms with Crippen molar-refractivity contribution in [2.45, 2.75) is 6.54 Å². The van der Waals surface area contributed by atoms with Crippen molar-refractivity contribution in [3.05, 3.63) is 59.1 Å². The van der Waals surface area contributed by atoms with Crippen molar-refractivity contribution < 1.29 is 9.18 Å². The van der Waals surface area contributed by atoms with Crippen LogP contribution in [-0.2, 0) is 6.54 Å². The second-order valence-corrected chi connectivity index (χ2v) is 4.87. The number of aromatic nitrogens is 2. The fourth-order valence-corrected chi connectivity index (χ4v) is 2.44. The standard InChI is InChI=1S/C13H10FN3OS/c14-10-4-2-1-3-9(10)7-15-12(18)11-8-17-5-6-19-13(17)16-11/h1-6,8H,7H2,(H,15,18). The lowest BCUT2D eigenvalue weighted by molar-refractivity contribution is 0.0946. The number of thiazole rings is 1. The van der Waals surface area contributed by atoms with Crippen LogP contribution in [0.15, 0.2) is 42.0 Å². The lowest BCUT2D eigenvalue weighted by Crippen LogP contribution is -2.23. The molecule has 0 saturated heterocycles. The quantitative estimate of drug-likeness (QED) is 0.798. The minimum atomic E-state index is -0.325. The van der Waals surface area contributed by atoms with E-state index in [4.69, 9.17) is 0 Å². The molecule has 0 saturated carbocycles.